The van der Waals surface area contributed by atoms with Crippen LogP contribution in [-0.4, -0.2) is 18.8 Å². The lowest BCUT2D eigenvalue weighted by molar-refractivity contribution is 0.354. The largest absolute Gasteiger partial charge is 0.493 e. The molecule has 0 amide bonds. The quantitative estimate of drug-likeness (QED) is 0.912. The van der Waals surface area contributed by atoms with Gasteiger partial charge in [-0.15, -0.1) is 0 Å². The van der Waals surface area contributed by atoms with E-state index < -0.39 is 0 Å². The van der Waals surface area contributed by atoms with Crippen LogP contribution < -0.4 is 20.8 Å². The summed E-state index contributed by atoms with van der Waals surface area (Å²) in [7, 11) is 3.17. The molecule has 5 nitrogen and oxygen atoms in total. The van der Waals surface area contributed by atoms with Gasteiger partial charge >= 0.3 is 0 Å². The summed E-state index contributed by atoms with van der Waals surface area (Å²) in [5.41, 5.74) is 7.97. The van der Waals surface area contributed by atoms with Gasteiger partial charge in [-0.25, -0.2) is 0 Å². The van der Waals surface area contributed by atoms with E-state index in [0.29, 0.717) is 18.0 Å². The Hall–Kier alpha value is -2.27. The van der Waals surface area contributed by atoms with Gasteiger partial charge < -0.3 is 19.8 Å². The molecule has 112 valence electrons. The molecule has 0 fully saturated rings. The van der Waals surface area contributed by atoms with E-state index in [4.69, 9.17) is 15.2 Å². The third-order valence-corrected chi connectivity index (χ3v) is 3.38. The number of hydrogen-bond acceptors (Lipinski definition) is 4. The van der Waals surface area contributed by atoms with Crippen molar-refractivity contribution in [3.8, 4) is 11.5 Å². The van der Waals surface area contributed by atoms with E-state index in [1.54, 1.807) is 31.0 Å². The molecule has 1 atom stereocenters. The first-order valence-electron chi connectivity index (χ1n) is 6.69. The van der Waals surface area contributed by atoms with Gasteiger partial charge in [-0.3, -0.25) is 4.79 Å². The lowest BCUT2D eigenvalue weighted by Crippen LogP contribution is -2.26. The average Bonchev–Trinajstić information content (AvgIpc) is 2.49. The van der Waals surface area contributed by atoms with Crippen LogP contribution in [0.2, 0.25) is 0 Å². The summed E-state index contributed by atoms with van der Waals surface area (Å²) in [6.45, 7) is 2.30. The lowest BCUT2D eigenvalue weighted by Gasteiger charge is -2.16. The Kier molecular flexibility index (Phi) is 4.65. The maximum absolute atomic E-state index is 11.9. The van der Waals surface area contributed by atoms with Crippen molar-refractivity contribution in [1.29, 1.82) is 0 Å². The van der Waals surface area contributed by atoms with Crippen molar-refractivity contribution in [3.05, 3.63) is 58.0 Å². The van der Waals surface area contributed by atoms with Crippen LogP contribution in [0, 0.1) is 6.92 Å². The van der Waals surface area contributed by atoms with Crippen molar-refractivity contribution in [2.45, 2.75) is 19.5 Å². The van der Waals surface area contributed by atoms with E-state index >= 15 is 0 Å². The highest BCUT2D eigenvalue weighted by atomic mass is 16.5. The molecule has 5 heteroatoms. The molecular formula is C16H20N2O3. The summed E-state index contributed by atoms with van der Waals surface area (Å²) in [5.74, 6) is 1.28. The summed E-state index contributed by atoms with van der Waals surface area (Å²) in [6.07, 6.45) is 1.76. The molecule has 0 aliphatic carbocycles. The maximum atomic E-state index is 11.9. The Morgan fingerprint density at radius 2 is 1.86 bits per heavy atom. The first-order valence-corrected chi connectivity index (χ1v) is 6.69. The average molecular weight is 288 g/mol. The fourth-order valence-corrected chi connectivity index (χ4v) is 2.16. The van der Waals surface area contributed by atoms with Crippen LogP contribution in [0.1, 0.15) is 17.2 Å². The van der Waals surface area contributed by atoms with Crippen molar-refractivity contribution in [3.63, 3.8) is 0 Å². The molecule has 0 saturated heterocycles. The number of pyridine rings is 1. The summed E-state index contributed by atoms with van der Waals surface area (Å²) < 4.78 is 12.1. The van der Waals surface area contributed by atoms with Crippen LogP contribution in [0.5, 0.6) is 11.5 Å². The predicted octanol–water partition coefficient (Wildman–Crippen LogP) is 1.87. The zero-order valence-corrected chi connectivity index (χ0v) is 12.5. The van der Waals surface area contributed by atoms with Crippen LogP contribution >= 0.6 is 0 Å². The Bertz CT molecular complexity index is 679. The Balaban J connectivity index is 2.24. The smallest absolute Gasteiger partial charge is 0.250 e. The first kappa shape index (κ1) is 15.1. The molecule has 2 aromatic rings. The van der Waals surface area contributed by atoms with E-state index in [2.05, 4.69) is 0 Å². The zero-order valence-electron chi connectivity index (χ0n) is 12.5. The van der Waals surface area contributed by atoms with Crippen molar-refractivity contribution in [2.24, 2.45) is 5.73 Å². The second kappa shape index (κ2) is 6.45. The number of methoxy groups -OCH3 is 2. The molecule has 0 aliphatic rings. The van der Waals surface area contributed by atoms with Gasteiger partial charge in [-0.05, 0) is 36.2 Å². The Morgan fingerprint density at radius 1 is 1.14 bits per heavy atom. The highest BCUT2D eigenvalue weighted by Gasteiger charge is 2.11. The van der Waals surface area contributed by atoms with E-state index in [0.717, 1.165) is 11.1 Å². The fourth-order valence-electron chi connectivity index (χ4n) is 2.16. The van der Waals surface area contributed by atoms with Gasteiger partial charge in [0.05, 0.1) is 14.2 Å². The van der Waals surface area contributed by atoms with Gasteiger partial charge in [-0.1, -0.05) is 6.07 Å². The van der Waals surface area contributed by atoms with E-state index in [9.17, 15) is 4.79 Å². The fraction of sp³-hybridized carbons (Fsp3) is 0.312. The highest BCUT2D eigenvalue weighted by Crippen LogP contribution is 2.29. The molecule has 0 aliphatic heterocycles. The topological polar surface area (TPSA) is 66.5 Å². The molecule has 0 spiro atoms. The van der Waals surface area contributed by atoms with Gasteiger partial charge in [0, 0.05) is 24.8 Å². The SMILES string of the molecule is COc1ccc(C(N)Cn2ccc(C)cc2=O)cc1OC. The predicted molar refractivity (Wildman–Crippen MR) is 81.9 cm³/mol. The lowest BCUT2D eigenvalue weighted by atomic mass is 10.1. The van der Waals surface area contributed by atoms with Gasteiger partial charge in [0.15, 0.2) is 11.5 Å². The van der Waals surface area contributed by atoms with Crippen molar-refractivity contribution < 1.29 is 9.47 Å². The van der Waals surface area contributed by atoms with Crippen LogP contribution in [0.15, 0.2) is 41.3 Å². The molecule has 1 heterocycles. The van der Waals surface area contributed by atoms with Crippen LogP contribution in [-0.2, 0) is 6.54 Å². The standard InChI is InChI=1S/C16H20N2O3/c1-11-6-7-18(16(19)8-11)10-13(17)12-4-5-14(20-2)15(9-12)21-3/h4-9,13H,10,17H2,1-3H3. The number of hydrogen-bond donors (Lipinski definition) is 1. The number of benzene rings is 1. The summed E-state index contributed by atoms with van der Waals surface area (Å²) in [6, 6.07) is 8.72. The molecule has 1 unspecified atom stereocenters. The highest BCUT2D eigenvalue weighted by molar-refractivity contribution is 5.43. The maximum Gasteiger partial charge on any atom is 0.250 e. The minimum Gasteiger partial charge on any atom is -0.493 e. The van der Waals surface area contributed by atoms with Crippen LogP contribution in [0.3, 0.4) is 0 Å². The molecule has 1 aromatic carbocycles. The summed E-state index contributed by atoms with van der Waals surface area (Å²) in [4.78, 5) is 11.9. The van der Waals surface area contributed by atoms with Crippen molar-refractivity contribution in [2.75, 3.05) is 14.2 Å². The van der Waals surface area contributed by atoms with Crippen molar-refractivity contribution >= 4 is 0 Å². The van der Waals surface area contributed by atoms with Crippen molar-refractivity contribution in [1.82, 2.24) is 4.57 Å². The second-order valence-corrected chi connectivity index (χ2v) is 4.92. The van der Waals surface area contributed by atoms with Gasteiger partial charge in [0.25, 0.3) is 5.56 Å². The molecule has 1 aromatic heterocycles. The monoisotopic (exact) mass is 288 g/mol. The summed E-state index contributed by atoms with van der Waals surface area (Å²) >= 11 is 0. The van der Waals surface area contributed by atoms with Gasteiger partial charge in [0.2, 0.25) is 0 Å². The van der Waals surface area contributed by atoms with Gasteiger partial charge in [0.1, 0.15) is 0 Å². The first-order chi connectivity index (χ1) is 10.0. The molecule has 0 radical (unpaired) electrons. The molecule has 21 heavy (non-hydrogen) atoms. The normalized spacial score (nSPS) is 12.0. The number of ether oxygens (including phenoxy) is 2. The molecule has 2 rings (SSSR count). The zero-order chi connectivity index (χ0) is 15.4. The van der Waals surface area contributed by atoms with Crippen LogP contribution in [0.4, 0.5) is 0 Å². The Labute approximate surface area is 123 Å². The molecular weight excluding hydrogens is 268 g/mol. The van der Waals surface area contributed by atoms with Gasteiger partial charge in [-0.2, -0.15) is 0 Å². The molecule has 2 N–H and O–H groups in total. The van der Waals surface area contributed by atoms with Crippen LogP contribution in [0.25, 0.3) is 0 Å². The number of nitrogens with zero attached hydrogens (tertiary/aromatic N) is 1. The van der Waals surface area contributed by atoms with E-state index in [1.807, 2.05) is 31.2 Å². The number of nitrogens with two attached hydrogens (primary N) is 1. The molecule has 0 bridgehead atoms. The minimum absolute atomic E-state index is 0.0501. The third kappa shape index (κ3) is 3.44. The van der Waals surface area contributed by atoms with E-state index in [1.165, 1.54) is 0 Å². The second-order valence-electron chi connectivity index (χ2n) is 4.92. The Morgan fingerprint density at radius 3 is 2.48 bits per heavy atom. The minimum atomic E-state index is -0.301. The van der Waals surface area contributed by atoms with E-state index in [-0.39, 0.29) is 11.6 Å². The number of aromatic nitrogens is 1. The third-order valence-electron chi connectivity index (χ3n) is 3.38. The number of rotatable bonds is 5. The number of aryl methyl sites for hydroxylation is 1. The summed E-state index contributed by atoms with van der Waals surface area (Å²) in [5, 5.41) is 0. The molecule has 0 saturated carbocycles.